The van der Waals surface area contributed by atoms with Crippen LogP contribution in [0.2, 0.25) is 0 Å². The summed E-state index contributed by atoms with van der Waals surface area (Å²) in [6.45, 7) is -1.25. The molecule has 0 atom stereocenters. The molecule has 5 nitrogen and oxygen atoms in total. The van der Waals surface area contributed by atoms with Crippen LogP contribution in [0.3, 0.4) is 0 Å². The smallest absolute Gasteiger partial charge is 0.422 e. The fourth-order valence-corrected chi connectivity index (χ4v) is 2.72. The number of rotatable bonds is 7. The number of halogens is 4. The second kappa shape index (κ2) is 9.95. The summed E-state index contributed by atoms with van der Waals surface area (Å²) in [7, 11) is 0. The molecule has 0 bridgehead atoms. The molecule has 3 aromatic carbocycles. The Labute approximate surface area is 181 Å². The normalized spacial score (nSPS) is 11.0. The average molecular weight is 446 g/mol. The highest BCUT2D eigenvalue weighted by Gasteiger charge is 2.28. The first-order valence-electron chi connectivity index (χ1n) is 9.43. The van der Waals surface area contributed by atoms with Crippen LogP contribution in [0.1, 0.15) is 26.3 Å². The van der Waals surface area contributed by atoms with E-state index < -0.39 is 30.4 Å². The quantitative estimate of drug-likeness (QED) is 0.505. The largest absolute Gasteiger partial charge is 0.484 e. The van der Waals surface area contributed by atoms with Gasteiger partial charge in [0.1, 0.15) is 11.6 Å². The van der Waals surface area contributed by atoms with Crippen LogP contribution in [0.4, 0.5) is 23.2 Å². The highest BCUT2D eigenvalue weighted by molar-refractivity contribution is 6.04. The van der Waals surface area contributed by atoms with Crippen molar-refractivity contribution in [1.82, 2.24) is 5.32 Å². The summed E-state index contributed by atoms with van der Waals surface area (Å²) in [4.78, 5) is 24.5. The first-order chi connectivity index (χ1) is 15.2. The van der Waals surface area contributed by atoms with Gasteiger partial charge in [-0.1, -0.05) is 12.1 Å². The second-order valence-corrected chi connectivity index (χ2v) is 6.77. The lowest BCUT2D eigenvalue weighted by Crippen LogP contribution is -2.23. The summed E-state index contributed by atoms with van der Waals surface area (Å²) < 4.78 is 54.1. The number of carbonyl (C=O) groups excluding carboxylic acids is 2. The van der Waals surface area contributed by atoms with Gasteiger partial charge in [0.25, 0.3) is 11.8 Å². The van der Waals surface area contributed by atoms with E-state index in [9.17, 15) is 27.2 Å². The van der Waals surface area contributed by atoms with Crippen LogP contribution in [0.15, 0.2) is 72.8 Å². The second-order valence-electron chi connectivity index (χ2n) is 6.77. The van der Waals surface area contributed by atoms with E-state index in [-0.39, 0.29) is 17.9 Å². The van der Waals surface area contributed by atoms with E-state index in [4.69, 9.17) is 0 Å². The number of anilines is 1. The third kappa shape index (κ3) is 6.83. The molecule has 3 rings (SSSR count). The Morgan fingerprint density at radius 3 is 2.12 bits per heavy atom. The number of hydrogen-bond acceptors (Lipinski definition) is 3. The molecular weight excluding hydrogens is 428 g/mol. The van der Waals surface area contributed by atoms with E-state index in [1.807, 2.05) is 0 Å². The molecule has 3 aromatic rings. The molecule has 0 aromatic heterocycles. The van der Waals surface area contributed by atoms with Crippen LogP contribution in [-0.4, -0.2) is 24.6 Å². The van der Waals surface area contributed by atoms with Gasteiger partial charge in [-0.2, -0.15) is 13.2 Å². The number of alkyl halides is 3. The zero-order chi connectivity index (χ0) is 23.1. The lowest BCUT2D eigenvalue weighted by molar-refractivity contribution is -0.153. The highest BCUT2D eigenvalue weighted by atomic mass is 19.4. The lowest BCUT2D eigenvalue weighted by atomic mass is 10.1. The van der Waals surface area contributed by atoms with Crippen LogP contribution < -0.4 is 15.4 Å². The van der Waals surface area contributed by atoms with E-state index in [0.29, 0.717) is 16.8 Å². The molecule has 0 unspecified atom stereocenters. The summed E-state index contributed by atoms with van der Waals surface area (Å²) >= 11 is 0. The summed E-state index contributed by atoms with van der Waals surface area (Å²) in [5.41, 5.74) is 1.76. The van der Waals surface area contributed by atoms with Crippen molar-refractivity contribution in [3.05, 3.63) is 95.3 Å². The van der Waals surface area contributed by atoms with E-state index in [1.165, 1.54) is 48.5 Å². The number of benzene rings is 3. The maximum Gasteiger partial charge on any atom is 0.422 e. The topological polar surface area (TPSA) is 67.4 Å². The predicted molar refractivity (Wildman–Crippen MR) is 110 cm³/mol. The van der Waals surface area contributed by atoms with Gasteiger partial charge in [0, 0.05) is 23.4 Å². The average Bonchev–Trinajstić information content (AvgIpc) is 2.76. The van der Waals surface area contributed by atoms with Crippen molar-refractivity contribution in [2.24, 2.45) is 0 Å². The predicted octanol–water partition coefficient (Wildman–Crippen LogP) is 4.95. The van der Waals surface area contributed by atoms with Gasteiger partial charge in [-0.15, -0.1) is 0 Å². The van der Waals surface area contributed by atoms with Gasteiger partial charge in [-0.05, 0) is 66.2 Å². The first kappa shape index (κ1) is 22.8. The van der Waals surface area contributed by atoms with E-state index in [0.717, 1.165) is 0 Å². The van der Waals surface area contributed by atoms with E-state index >= 15 is 0 Å². The van der Waals surface area contributed by atoms with Crippen molar-refractivity contribution >= 4 is 17.5 Å². The number of carbonyl (C=O) groups is 2. The molecule has 32 heavy (non-hydrogen) atoms. The molecule has 166 valence electrons. The van der Waals surface area contributed by atoms with Crippen LogP contribution in [0.5, 0.6) is 5.75 Å². The van der Waals surface area contributed by atoms with Gasteiger partial charge < -0.3 is 15.4 Å². The van der Waals surface area contributed by atoms with Gasteiger partial charge in [-0.25, -0.2) is 4.39 Å². The molecule has 0 aliphatic heterocycles. The Hall–Kier alpha value is -3.88. The summed E-state index contributed by atoms with van der Waals surface area (Å²) in [6.07, 6.45) is -4.44. The third-order valence-electron chi connectivity index (χ3n) is 4.26. The van der Waals surface area contributed by atoms with Crippen molar-refractivity contribution in [2.45, 2.75) is 12.7 Å². The minimum Gasteiger partial charge on any atom is -0.484 e. The van der Waals surface area contributed by atoms with Crippen molar-refractivity contribution in [3.8, 4) is 5.75 Å². The zero-order valence-electron chi connectivity index (χ0n) is 16.6. The molecule has 2 amide bonds. The Kier molecular flexibility index (Phi) is 7.09. The maximum atomic E-state index is 13.0. The fourth-order valence-electron chi connectivity index (χ4n) is 2.72. The van der Waals surface area contributed by atoms with Crippen LogP contribution in [-0.2, 0) is 6.54 Å². The Morgan fingerprint density at radius 1 is 0.844 bits per heavy atom. The molecule has 0 spiro atoms. The number of hydrogen-bond donors (Lipinski definition) is 2. The molecule has 0 radical (unpaired) electrons. The van der Waals surface area contributed by atoms with Gasteiger partial charge in [-0.3, -0.25) is 9.59 Å². The zero-order valence-corrected chi connectivity index (χ0v) is 16.6. The van der Waals surface area contributed by atoms with Crippen LogP contribution >= 0.6 is 0 Å². The monoisotopic (exact) mass is 446 g/mol. The molecule has 0 aliphatic rings. The van der Waals surface area contributed by atoms with Gasteiger partial charge in [0.05, 0.1) is 0 Å². The molecule has 0 aliphatic carbocycles. The third-order valence-corrected chi connectivity index (χ3v) is 4.26. The lowest BCUT2D eigenvalue weighted by Gasteiger charge is -2.10. The minimum atomic E-state index is -4.44. The molecule has 2 N–H and O–H groups in total. The molecule has 0 saturated heterocycles. The van der Waals surface area contributed by atoms with Crippen molar-refractivity contribution < 1.29 is 31.9 Å². The molecule has 0 heterocycles. The Balaban J connectivity index is 1.54. The van der Waals surface area contributed by atoms with E-state index in [1.54, 1.807) is 24.3 Å². The maximum absolute atomic E-state index is 13.0. The minimum absolute atomic E-state index is 0.00322. The van der Waals surface area contributed by atoms with Crippen molar-refractivity contribution in [2.75, 3.05) is 11.9 Å². The van der Waals surface area contributed by atoms with Crippen molar-refractivity contribution in [1.29, 1.82) is 0 Å². The van der Waals surface area contributed by atoms with Gasteiger partial charge in [0.15, 0.2) is 6.61 Å². The van der Waals surface area contributed by atoms with Crippen molar-refractivity contribution in [3.63, 3.8) is 0 Å². The number of ether oxygens (including phenoxy) is 1. The molecule has 9 heteroatoms. The van der Waals surface area contributed by atoms with Gasteiger partial charge in [0.2, 0.25) is 0 Å². The standard InChI is InChI=1S/C23H18F4N2O3/c24-18-8-4-17(5-9-18)22(31)29-19-3-1-2-15(12-19)13-28-21(30)16-6-10-20(11-7-16)32-14-23(25,26)27/h1-12H,13-14H2,(H,28,30)(H,29,31). The fraction of sp³-hybridized carbons (Fsp3) is 0.130. The number of nitrogens with one attached hydrogen (secondary N) is 2. The highest BCUT2D eigenvalue weighted by Crippen LogP contribution is 2.19. The van der Waals surface area contributed by atoms with E-state index in [2.05, 4.69) is 15.4 Å². The first-order valence-corrected chi connectivity index (χ1v) is 9.43. The summed E-state index contributed by atoms with van der Waals surface area (Å²) in [5.74, 6) is -1.27. The SMILES string of the molecule is O=C(NCc1cccc(NC(=O)c2ccc(F)cc2)c1)c1ccc(OCC(F)(F)F)cc1. The Morgan fingerprint density at radius 2 is 1.47 bits per heavy atom. The molecule has 0 fully saturated rings. The molecular formula is C23H18F4N2O3. The number of amides is 2. The molecule has 0 saturated carbocycles. The summed E-state index contributed by atoms with van der Waals surface area (Å²) in [6, 6.07) is 17.2. The summed E-state index contributed by atoms with van der Waals surface area (Å²) in [5, 5.41) is 5.39. The van der Waals surface area contributed by atoms with Crippen LogP contribution in [0, 0.1) is 5.82 Å². The Bertz CT molecular complexity index is 1080. The van der Waals surface area contributed by atoms with Crippen LogP contribution in [0.25, 0.3) is 0 Å². The van der Waals surface area contributed by atoms with Gasteiger partial charge >= 0.3 is 6.18 Å².